The van der Waals surface area contributed by atoms with Crippen LogP contribution in [0.3, 0.4) is 0 Å². The molecule has 3 unspecified atom stereocenters. The molecule has 1 aliphatic rings. The van der Waals surface area contributed by atoms with Gasteiger partial charge in [0.05, 0.1) is 40.2 Å². The van der Waals surface area contributed by atoms with E-state index in [4.69, 9.17) is 19.0 Å². The molecule has 11 N–H and O–H groups in total. The molecule has 6 rings (SSSR count). The molecule has 8 amide bonds. The van der Waals surface area contributed by atoms with Crippen LogP contribution in [-0.4, -0.2) is 106 Å². The Morgan fingerprint density at radius 1 is 0.722 bits per heavy atom. The number of carbonyl (C=O) groups excluding carboxylic acids is 8. The molecule has 72 heavy (non-hydrogen) atoms. The van der Waals surface area contributed by atoms with Gasteiger partial charge in [-0.15, -0.1) is 11.3 Å². The Morgan fingerprint density at radius 2 is 1.31 bits per heavy atom. The summed E-state index contributed by atoms with van der Waals surface area (Å²) in [6.45, 7) is 22.4. The normalized spacial score (nSPS) is 18.3. The van der Waals surface area contributed by atoms with Crippen molar-refractivity contribution in [3.8, 4) is 22.0 Å². The summed E-state index contributed by atoms with van der Waals surface area (Å²) in [6.07, 6.45) is 0.981. The van der Waals surface area contributed by atoms with E-state index in [1.165, 1.54) is 65.1 Å². The average molecular weight is 1010 g/mol. The number of hydrogen-bond donors (Lipinski definition) is 10. The smallest absolute Gasteiger partial charge is 0.278 e. The fraction of sp³-hybridized carbons (Fsp3) is 0.222. The Kier molecular flexibility index (Phi) is 15.1. The second-order valence-corrected chi connectivity index (χ2v) is 16.9. The van der Waals surface area contributed by atoms with Gasteiger partial charge in [0, 0.05) is 10.9 Å². The first-order chi connectivity index (χ1) is 33.8. The van der Waals surface area contributed by atoms with E-state index in [9.17, 15) is 48.6 Å². The molecule has 5 aromatic rings. The van der Waals surface area contributed by atoms with Crippen LogP contribution in [0.15, 0.2) is 80.8 Å². The maximum atomic E-state index is 13.6. The number of primary amides is 1. The SMILES string of the molecule is C=C1NC(=O)c2nc(oc2C)C(=C)NC(=O)C(C(C)(C)O)NC(=O)C(=C)NC(=O)c2nc(oc2C)/C(=C/C)NC(=O)C(C(C)O)NC(=O)c2csc(n2)-c2ccc(C(N)=O)nc2-c2coc(n2)C(=C)NC1=O. The zero-order valence-electron chi connectivity index (χ0n) is 39.1. The summed E-state index contributed by atoms with van der Waals surface area (Å²) >= 11 is 0.959. The number of aromatic nitrogens is 5. The number of pyridine rings is 1. The first-order valence-electron chi connectivity index (χ1n) is 21.0. The monoisotopic (exact) mass is 1010 g/mol. The van der Waals surface area contributed by atoms with Gasteiger partial charge in [0.25, 0.3) is 35.4 Å². The number of nitrogens with two attached hydrogens (primary N) is 1. The van der Waals surface area contributed by atoms with Gasteiger partial charge < -0.3 is 66.4 Å². The van der Waals surface area contributed by atoms with Crippen LogP contribution >= 0.6 is 11.3 Å². The third kappa shape index (κ3) is 11.4. The highest BCUT2D eigenvalue weighted by Gasteiger charge is 2.37. The molecule has 3 atom stereocenters. The van der Waals surface area contributed by atoms with Crippen molar-refractivity contribution in [2.45, 2.75) is 65.3 Å². The molecule has 0 aliphatic carbocycles. The fourth-order valence-electron chi connectivity index (χ4n) is 6.35. The summed E-state index contributed by atoms with van der Waals surface area (Å²) in [5, 5.41) is 39.5. The van der Waals surface area contributed by atoms with Crippen molar-refractivity contribution in [3.63, 3.8) is 0 Å². The van der Waals surface area contributed by atoms with Crippen molar-refractivity contribution in [1.82, 2.24) is 62.1 Å². The number of amides is 8. The molecule has 6 heterocycles. The molecule has 374 valence electrons. The van der Waals surface area contributed by atoms with Crippen LogP contribution in [0.1, 0.15) is 98.8 Å². The Hall–Kier alpha value is -9.21. The van der Waals surface area contributed by atoms with E-state index < -0.39 is 82.4 Å². The standard InChI is InChI=1S/C45H45N13O13S/c1-11-24-43-57-30(22(8)71-43)39(66)48-17(3)35(62)58-32(45(9,10)68)40(67)50-19(5)42-56-29(21(7)70-42)38(65)47-16(2)34(61)49-18(4)41-53-26(14-69-41)31-23(12-13-25(51-31)33(46)60)44-54-27(15-72-44)36(63)55-28(20(6)59)37(64)52-24/h11-15,20,28,32,59,68H,2-5H2,1,6-10H3,(H2,46,60)(H,47,65)(H,48,66)(H,49,61)(H,50,67)(H,52,64)(H,55,63)(H,58,62)/b24-11-. The number of nitrogens with one attached hydrogen (secondary N) is 7. The number of oxazole rings is 3. The van der Waals surface area contributed by atoms with Crippen LogP contribution < -0.4 is 43.0 Å². The Labute approximate surface area is 411 Å². The number of thiazole rings is 1. The maximum Gasteiger partial charge on any atom is 0.278 e. The Bertz CT molecular complexity index is 3180. The second kappa shape index (κ2) is 20.8. The van der Waals surface area contributed by atoms with Gasteiger partial charge in [0.2, 0.25) is 29.5 Å². The first-order valence-corrected chi connectivity index (χ1v) is 21.8. The molecule has 0 fully saturated rings. The van der Waals surface area contributed by atoms with Crippen molar-refractivity contribution in [2.75, 3.05) is 0 Å². The van der Waals surface area contributed by atoms with E-state index in [2.05, 4.69) is 88.5 Å². The van der Waals surface area contributed by atoms with E-state index in [0.717, 1.165) is 17.6 Å². The molecule has 0 aromatic carbocycles. The van der Waals surface area contributed by atoms with Gasteiger partial charge in [-0.3, -0.25) is 38.4 Å². The van der Waals surface area contributed by atoms with Gasteiger partial charge in [0.15, 0.2) is 11.4 Å². The average Bonchev–Trinajstić information content (AvgIpc) is 4.15. The molecule has 27 heteroatoms. The fourth-order valence-corrected chi connectivity index (χ4v) is 7.18. The highest BCUT2D eigenvalue weighted by molar-refractivity contribution is 7.13. The molecular weight excluding hydrogens is 963 g/mol. The minimum Gasteiger partial charge on any atom is -0.443 e. The third-order valence-electron chi connectivity index (χ3n) is 10.1. The zero-order chi connectivity index (χ0) is 53.1. The third-order valence-corrected chi connectivity index (χ3v) is 11.0. The summed E-state index contributed by atoms with van der Waals surface area (Å²) in [5.41, 5.74) is 0.852. The predicted molar refractivity (Wildman–Crippen MR) is 252 cm³/mol. The maximum absolute atomic E-state index is 13.6. The predicted octanol–water partition coefficient (Wildman–Crippen LogP) is 0.839. The molecule has 0 spiro atoms. The zero-order valence-corrected chi connectivity index (χ0v) is 39.9. The highest BCUT2D eigenvalue weighted by atomic mass is 32.1. The number of allylic oxidation sites excluding steroid dienone is 1. The topological polar surface area (TPSA) is 391 Å². The molecule has 0 saturated heterocycles. The van der Waals surface area contributed by atoms with Gasteiger partial charge in [-0.25, -0.2) is 24.9 Å². The van der Waals surface area contributed by atoms with Gasteiger partial charge >= 0.3 is 0 Å². The lowest BCUT2D eigenvalue weighted by atomic mass is 9.97. The van der Waals surface area contributed by atoms with Gasteiger partial charge in [-0.05, 0) is 53.7 Å². The summed E-state index contributed by atoms with van der Waals surface area (Å²) in [4.78, 5) is 128. The van der Waals surface area contributed by atoms with Gasteiger partial charge in [0.1, 0.15) is 57.7 Å². The van der Waals surface area contributed by atoms with E-state index in [1.54, 1.807) is 0 Å². The van der Waals surface area contributed by atoms with Crippen molar-refractivity contribution >= 4 is 75.7 Å². The van der Waals surface area contributed by atoms with E-state index in [-0.39, 0.29) is 91.0 Å². The number of nitrogens with zero attached hydrogens (tertiary/aromatic N) is 5. The number of carbonyl (C=O) groups is 8. The quantitative estimate of drug-likeness (QED) is 0.112. The minimum absolute atomic E-state index is 0.00889. The van der Waals surface area contributed by atoms with Crippen LogP contribution in [0, 0.1) is 13.8 Å². The van der Waals surface area contributed by atoms with Crippen molar-refractivity contribution in [1.29, 1.82) is 0 Å². The summed E-state index contributed by atoms with van der Waals surface area (Å²) in [5.74, 6) is -9.04. The Morgan fingerprint density at radius 3 is 1.90 bits per heavy atom. The number of aliphatic hydroxyl groups excluding tert-OH is 1. The van der Waals surface area contributed by atoms with Gasteiger partial charge in [-0.2, -0.15) is 0 Å². The lowest BCUT2D eigenvalue weighted by Crippen LogP contribution is -2.58. The molecule has 8 bridgehead atoms. The summed E-state index contributed by atoms with van der Waals surface area (Å²) in [7, 11) is 0. The summed E-state index contributed by atoms with van der Waals surface area (Å²) in [6, 6.07) is -0.623. The number of rotatable bonds is 3. The number of aliphatic hydroxyl groups is 2. The van der Waals surface area contributed by atoms with Crippen LogP contribution in [0.4, 0.5) is 0 Å². The van der Waals surface area contributed by atoms with E-state index in [1.807, 2.05) is 0 Å². The van der Waals surface area contributed by atoms with E-state index >= 15 is 0 Å². The number of fused-ring (bicyclic) bond motifs is 11. The largest absolute Gasteiger partial charge is 0.443 e. The molecule has 26 nitrogen and oxygen atoms in total. The number of aryl methyl sites for hydroxylation is 2. The van der Waals surface area contributed by atoms with Crippen molar-refractivity contribution < 1.29 is 61.8 Å². The van der Waals surface area contributed by atoms with E-state index in [0.29, 0.717) is 0 Å². The minimum atomic E-state index is -1.97. The number of hydrogen-bond acceptors (Lipinski definition) is 19. The van der Waals surface area contributed by atoms with Crippen LogP contribution in [0.5, 0.6) is 0 Å². The van der Waals surface area contributed by atoms with Gasteiger partial charge in [-0.1, -0.05) is 32.4 Å². The Balaban J connectivity index is 1.34. The second-order valence-electron chi connectivity index (χ2n) is 16.1. The molecule has 1 aliphatic heterocycles. The lowest BCUT2D eigenvalue weighted by molar-refractivity contribution is -0.132. The van der Waals surface area contributed by atoms with Crippen LogP contribution in [-0.2, 0) is 19.2 Å². The van der Waals surface area contributed by atoms with Crippen LogP contribution in [0.2, 0.25) is 0 Å². The highest BCUT2D eigenvalue weighted by Crippen LogP contribution is 2.33. The van der Waals surface area contributed by atoms with Crippen molar-refractivity contribution in [2.24, 2.45) is 5.73 Å². The summed E-state index contributed by atoms with van der Waals surface area (Å²) < 4.78 is 16.8. The molecular formula is C45H45N13O13S. The first kappa shape index (κ1) is 52.2. The van der Waals surface area contributed by atoms with Crippen LogP contribution in [0.25, 0.3) is 39.1 Å². The molecule has 0 radical (unpaired) electrons. The molecule has 0 saturated carbocycles. The molecule has 5 aromatic heterocycles. The van der Waals surface area contributed by atoms with Crippen molar-refractivity contribution in [3.05, 3.63) is 120 Å². The lowest BCUT2D eigenvalue weighted by Gasteiger charge is -2.29.